The predicted molar refractivity (Wildman–Crippen MR) is 306 cm³/mol. The van der Waals surface area contributed by atoms with Gasteiger partial charge in [-0.05, 0) is 109 Å². The van der Waals surface area contributed by atoms with E-state index in [1.165, 1.54) is 38.5 Å². The molecule has 2 atom stereocenters. The normalized spacial score (nSPS) is 13.8. The SMILES string of the molecule is CC/C=C\C/C=C\C/C=C\C/C=C\C/C=C\C/C=C\C/C=C\C/C=C\CCCCCCCCCCCCC(=O)OC(COC(=O)CCCCC/C=C\C/C=C\C/C=C\CC)COC(OCC[N+](C)(C)C)C(=O)[O-]. The fraction of sp³-hybridized carbons (Fsp3) is 0.609. The Bertz CT molecular complexity index is 1650. The first-order valence-electron chi connectivity index (χ1n) is 28.3. The Morgan fingerprint density at radius 1 is 0.411 bits per heavy atom. The molecule has 0 radical (unpaired) electrons. The number of likely N-dealkylation sites (N-methyl/N-ethyl adjacent to an activating group) is 1. The average Bonchev–Trinajstić information content (AvgIpc) is 3.36. The summed E-state index contributed by atoms with van der Waals surface area (Å²) >= 11 is 0. The number of carboxylic acids is 1. The lowest BCUT2D eigenvalue weighted by Crippen LogP contribution is -2.44. The lowest BCUT2D eigenvalue weighted by Gasteiger charge is -2.26. The van der Waals surface area contributed by atoms with Crippen LogP contribution < -0.4 is 5.11 Å². The minimum atomic E-state index is -1.64. The van der Waals surface area contributed by atoms with Crippen LogP contribution in [0, 0.1) is 0 Å². The number of ether oxygens (including phenoxy) is 4. The smallest absolute Gasteiger partial charge is 0.306 e. The van der Waals surface area contributed by atoms with Crippen LogP contribution in [-0.2, 0) is 33.3 Å². The first-order valence-corrected chi connectivity index (χ1v) is 28.3. The first-order chi connectivity index (χ1) is 35.6. The maximum atomic E-state index is 12.8. The van der Waals surface area contributed by atoms with Gasteiger partial charge in [0.05, 0.1) is 40.3 Å². The summed E-state index contributed by atoms with van der Waals surface area (Å²) < 4.78 is 22.6. The zero-order valence-corrected chi connectivity index (χ0v) is 46.7. The summed E-state index contributed by atoms with van der Waals surface area (Å²) in [6.07, 6.45) is 73.7. The lowest BCUT2D eigenvalue weighted by atomic mass is 10.0. The van der Waals surface area contributed by atoms with Crippen LogP contribution in [0.4, 0.5) is 0 Å². The number of carbonyl (C=O) groups is 3. The van der Waals surface area contributed by atoms with Crippen LogP contribution in [0.5, 0.6) is 0 Å². The first kappa shape index (κ1) is 68.4. The quantitative estimate of drug-likeness (QED) is 0.0195. The van der Waals surface area contributed by atoms with Crippen molar-refractivity contribution in [2.45, 2.75) is 206 Å². The van der Waals surface area contributed by atoms with Crippen LogP contribution in [0.25, 0.3) is 0 Å². The molecule has 0 aliphatic heterocycles. The highest BCUT2D eigenvalue weighted by Gasteiger charge is 2.22. The van der Waals surface area contributed by atoms with E-state index in [-0.39, 0.29) is 32.7 Å². The van der Waals surface area contributed by atoms with Gasteiger partial charge in [0, 0.05) is 12.8 Å². The molecule has 0 bridgehead atoms. The molecular weight excluding hydrogens is 911 g/mol. The molecule has 0 saturated carbocycles. The monoisotopic (exact) mass is 1010 g/mol. The number of hydrogen-bond acceptors (Lipinski definition) is 8. The number of rotatable bonds is 50. The zero-order chi connectivity index (χ0) is 53.4. The molecule has 0 aliphatic carbocycles. The fourth-order valence-corrected chi connectivity index (χ4v) is 7.09. The van der Waals surface area contributed by atoms with Crippen molar-refractivity contribution in [3.63, 3.8) is 0 Å². The molecule has 2 unspecified atom stereocenters. The Morgan fingerprint density at radius 2 is 0.740 bits per heavy atom. The van der Waals surface area contributed by atoms with Gasteiger partial charge in [0.1, 0.15) is 13.2 Å². The van der Waals surface area contributed by atoms with Gasteiger partial charge >= 0.3 is 11.9 Å². The Balaban J connectivity index is 4.21. The van der Waals surface area contributed by atoms with Crippen LogP contribution in [0.1, 0.15) is 194 Å². The number of unbranched alkanes of at least 4 members (excludes halogenated alkanes) is 13. The van der Waals surface area contributed by atoms with Gasteiger partial charge in [-0.25, -0.2) is 0 Å². The Morgan fingerprint density at radius 3 is 1.11 bits per heavy atom. The molecule has 0 N–H and O–H groups in total. The highest BCUT2D eigenvalue weighted by atomic mass is 16.7. The second kappa shape index (κ2) is 53.7. The van der Waals surface area contributed by atoms with Crippen molar-refractivity contribution in [1.29, 1.82) is 0 Å². The molecule has 0 rings (SSSR count). The van der Waals surface area contributed by atoms with Crippen molar-refractivity contribution in [3.05, 3.63) is 134 Å². The van der Waals surface area contributed by atoms with E-state index in [2.05, 4.69) is 148 Å². The Labute approximate surface area is 446 Å². The van der Waals surface area contributed by atoms with E-state index in [1.54, 1.807) is 0 Å². The second-order valence-electron chi connectivity index (χ2n) is 19.5. The predicted octanol–water partition coefficient (Wildman–Crippen LogP) is 15.3. The van der Waals surface area contributed by atoms with Crippen molar-refractivity contribution in [2.75, 3.05) is 47.5 Å². The van der Waals surface area contributed by atoms with Gasteiger partial charge in [-0.3, -0.25) is 9.59 Å². The van der Waals surface area contributed by atoms with Crippen LogP contribution in [0.2, 0.25) is 0 Å². The Kier molecular flexibility index (Phi) is 50.4. The van der Waals surface area contributed by atoms with Gasteiger partial charge in [-0.1, -0.05) is 205 Å². The molecule has 0 aromatic carbocycles. The molecule has 412 valence electrons. The van der Waals surface area contributed by atoms with Crippen LogP contribution in [0.15, 0.2) is 134 Å². The molecule has 0 heterocycles. The van der Waals surface area contributed by atoms with Gasteiger partial charge in [-0.2, -0.15) is 0 Å². The van der Waals surface area contributed by atoms with Gasteiger partial charge in [-0.15, -0.1) is 0 Å². The molecule has 0 aliphatic rings. The summed E-state index contributed by atoms with van der Waals surface area (Å²) in [5.41, 5.74) is 0. The number of esters is 2. The molecule has 0 aromatic rings. The van der Waals surface area contributed by atoms with E-state index in [0.29, 0.717) is 23.9 Å². The van der Waals surface area contributed by atoms with E-state index in [1.807, 2.05) is 21.1 Å². The van der Waals surface area contributed by atoms with Crippen molar-refractivity contribution in [2.24, 2.45) is 0 Å². The molecule has 0 fully saturated rings. The van der Waals surface area contributed by atoms with Gasteiger partial charge in [0.15, 0.2) is 12.4 Å². The van der Waals surface area contributed by atoms with E-state index >= 15 is 0 Å². The topological polar surface area (TPSA) is 111 Å². The fourth-order valence-electron chi connectivity index (χ4n) is 7.09. The third kappa shape index (κ3) is 55.0. The minimum Gasteiger partial charge on any atom is -0.545 e. The average molecular weight is 1010 g/mol. The highest BCUT2D eigenvalue weighted by Crippen LogP contribution is 2.14. The van der Waals surface area contributed by atoms with E-state index in [4.69, 9.17) is 18.9 Å². The van der Waals surface area contributed by atoms with E-state index < -0.39 is 30.3 Å². The Hall–Kier alpha value is -4.57. The van der Waals surface area contributed by atoms with Crippen LogP contribution in [0.3, 0.4) is 0 Å². The third-order valence-corrected chi connectivity index (χ3v) is 11.4. The standard InChI is InChI=1S/C64H103NO8/c1-6-8-10-12-14-16-18-20-21-22-23-24-25-26-27-28-29-30-31-32-33-34-35-36-37-38-39-40-41-43-45-47-49-51-53-55-62(67)73-60(59-72-64(63(68)69)70-57-56-65(3,4)5)58-71-61(66)54-52-50-48-46-44-42-19-17-15-13-11-9-7-2/h8-11,14-17,20-21,23-24,26-27,29-30,32-33,35-36,42,44,60,64H,6-7,12-13,18-19,22,25,28,31,34,37-41,43,45-59H2,1-5H3/b10-8-,11-9-,16-14-,17-15-,21-20-,24-23-,27-26-,30-29-,33-32-,36-35-,44-42-. The molecule has 9 nitrogen and oxygen atoms in total. The number of nitrogens with zero attached hydrogens (tertiary/aromatic N) is 1. The largest absolute Gasteiger partial charge is 0.545 e. The highest BCUT2D eigenvalue weighted by molar-refractivity contribution is 5.70. The molecule has 0 aromatic heterocycles. The summed E-state index contributed by atoms with van der Waals surface area (Å²) in [4.78, 5) is 37.2. The number of quaternary nitrogens is 1. The number of hydrogen-bond donors (Lipinski definition) is 0. The third-order valence-electron chi connectivity index (χ3n) is 11.4. The van der Waals surface area contributed by atoms with Crippen molar-refractivity contribution < 1.29 is 42.9 Å². The molecule has 0 amide bonds. The lowest BCUT2D eigenvalue weighted by molar-refractivity contribution is -0.870. The maximum Gasteiger partial charge on any atom is 0.306 e. The van der Waals surface area contributed by atoms with E-state index in [0.717, 1.165) is 116 Å². The van der Waals surface area contributed by atoms with Crippen LogP contribution in [-0.4, -0.2) is 82.3 Å². The maximum absolute atomic E-state index is 12.8. The summed E-state index contributed by atoms with van der Waals surface area (Å²) in [5.74, 6) is -2.35. The van der Waals surface area contributed by atoms with E-state index in [9.17, 15) is 19.5 Å². The summed E-state index contributed by atoms with van der Waals surface area (Å²) in [6.45, 7) is 4.45. The number of allylic oxidation sites excluding steroid dienone is 22. The minimum absolute atomic E-state index is 0.135. The van der Waals surface area contributed by atoms with Gasteiger partial charge in [0.25, 0.3) is 0 Å². The number of carbonyl (C=O) groups excluding carboxylic acids is 3. The molecule has 0 saturated heterocycles. The van der Waals surface area contributed by atoms with Crippen molar-refractivity contribution in [3.8, 4) is 0 Å². The molecular formula is C64H103NO8. The molecule has 73 heavy (non-hydrogen) atoms. The summed E-state index contributed by atoms with van der Waals surface area (Å²) in [7, 11) is 5.89. The van der Waals surface area contributed by atoms with Crippen molar-refractivity contribution >= 4 is 17.9 Å². The van der Waals surface area contributed by atoms with Crippen molar-refractivity contribution in [1.82, 2.24) is 0 Å². The van der Waals surface area contributed by atoms with Crippen LogP contribution >= 0.6 is 0 Å². The van der Waals surface area contributed by atoms with Gasteiger partial charge in [0.2, 0.25) is 0 Å². The van der Waals surface area contributed by atoms with Gasteiger partial charge < -0.3 is 33.3 Å². The summed E-state index contributed by atoms with van der Waals surface area (Å²) in [5, 5.41) is 11.7. The zero-order valence-electron chi connectivity index (χ0n) is 46.7. The molecule has 9 heteroatoms. The number of carboxylic acid groups (broad SMARTS) is 1. The number of aliphatic carboxylic acids is 1. The molecule has 0 spiro atoms. The second-order valence-corrected chi connectivity index (χ2v) is 19.5. The summed E-state index contributed by atoms with van der Waals surface area (Å²) in [6, 6.07) is 0.